The molecule has 0 radical (unpaired) electrons. The molecule has 0 aromatic heterocycles. The van der Waals surface area contributed by atoms with Gasteiger partial charge in [0.05, 0.1) is 18.2 Å². The summed E-state index contributed by atoms with van der Waals surface area (Å²) in [6, 6.07) is 8.70. The van der Waals surface area contributed by atoms with Gasteiger partial charge >= 0.3 is 5.97 Å². The SMILES string of the molecule is CCOc1ccc(C(=O)OCC(=O)N[C@@H](C)c2ccc(F)cc2F)cc1. The summed E-state index contributed by atoms with van der Waals surface area (Å²) in [5.74, 6) is -2.10. The van der Waals surface area contributed by atoms with E-state index < -0.39 is 36.2 Å². The van der Waals surface area contributed by atoms with Crippen LogP contribution in [0.25, 0.3) is 0 Å². The van der Waals surface area contributed by atoms with Crippen LogP contribution < -0.4 is 10.1 Å². The second-order valence-electron chi connectivity index (χ2n) is 5.49. The summed E-state index contributed by atoms with van der Waals surface area (Å²) in [5.41, 5.74) is 0.413. The highest BCUT2D eigenvalue weighted by molar-refractivity contribution is 5.91. The van der Waals surface area contributed by atoms with Gasteiger partial charge in [0.2, 0.25) is 0 Å². The van der Waals surface area contributed by atoms with Gasteiger partial charge in [-0.1, -0.05) is 6.07 Å². The minimum Gasteiger partial charge on any atom is -0.494 e. The van der Waals surface area contributed by atoms with Gasteiger partial charge in [-0.05, 0) is 44.2 Å². The first-order chi connectivity index (χ1) is 12.4. The number of amides is 1. The average Bonchev–Trinajstić information content (AvgIpc) is 2.60. The first kappa shape index (κ1) is 19.4. The van der Waals surface area contributed by atoms with E-state index in [0.29, 0.717) is 12.4 Å². The predicted octanol–water partition coefficient (Wildman–Crippen LogP) is 3.40. The van der Waals surface area contributed by atoms with Crippen LogP contribution in [0.4, 0.5) is 8.78 Å². The molecular weight excluding hydrogens is 344 g/mol. The maximum atomic E-state index is 13.7. The van der Waals surface area contributed by atoms with E-state index >= 15 is 0 Å². The molecule has 138 valence electrons. The Bertz CT molecular complexity index is 778. The summed E-state index contributed by atoms with van der Waals surface area (Å²) in [6.45, 7) is 3.39. The van der Waals surface area contributed by atoms with E-state index in [1.54, 1.807) is 19.1 Å². The topological polar surface area (TPSA) is 64.6 Å². The van der Waals surface area contributed by atoms with Crippen molar-refractivity contribution in [2.24, 2.45) is 0 Å². The summed E-state index contributed by atoms with van der Waals surface area (Å²) >= 11 is 0. The van der Waals surface area contributed by atoms with E-state index in [1.165, 1.54) is 18.2 Å². The van der Waals surface area contributed by atoms with E-state index in [1.807, 2.05) is 6.92 Å². The molecule has 5 nitrogen and oxygen atoms in total. The Morgan fingerprint density at radius 2 is 1.81 bits per heavy atom. The zero-order valence-electron chi connectivity index (χ0n) is 14.4. The lowest BCUT2D eigenvalue weighted by Crippen LogP contribution is -2.31. The van der Waals surface area contributed by atoms with E-state index in [9.17, 15) is 18.4 Å². The lowest BCUT2D eigenvalue weighted by atomic mass is 10.1. The number of carbonyl (C=O) groups is 2. The lowest BCUT2D eigenvalue weighted by molar-refractivity contribution is -0.124. The average molecular weight is 363 g/mol. The molecule has 0 saturated heterocycles. The predicted molar refractivity (Wildman–Crippen MR) is 90.8 cm³/mol. The standard InChI is InChI=1S/C19H19F2NO4/c1-3-25-15-7-4-13(5-8-15)19(24)26-11-18(23)22-12(2)16-9-6-14(20)10-17(16)21/h4-10,12H,3,11H2,1-2H3,(H,22,23)/t12-/m0/s1. The van der Waals surface area contributed by atoms with Gasteiger partial charge in [0.1, 0.15) is 17.4 Å². The maximum Gasteiger partial charge on any atom is 0.338 e. The van der Waals surface area contributed by atoms with Crippen molar-refractivity contribution in [1.82, 2.24) is 5.32 Å². The molecule has 0 heterocycles. The normalized spacial score (nSPS) is 11.5. The number of carbonyl (C=O) groups excluding carboxylic acids is 2. The second-order valence-corrected chi connectivity index (χ2v) is 5.49. The number of hydrogen-bond acceptors (Lipinski definition) is 4. The van der Waals surface area contributed by atoms with Crippen LogP contribution in [0.15, 0.2) is 42.5 Å². The molecule has 2 aromatic rings. The Labute approximate surface area is 149 Å². The van der Waals surface area contributed by atoms with Crippen molar-refractivity contribution in [2.45, 2.75) is 19.9 Å². The van der Waals surface area contributed by atoms with Crippen LogP contribution in [-0.2, 0) is 9.53 Å². The summed E-state index contributed by atoms with van der Waals surface area (Å²) < 4.78 is 36.8. The molecule has 0 saturated carbocycles. The number of rotatable bonds is 7. The Balaban J connectivity index is 1.86. The fourth-order valence-corrected chi connectivity index (χ4v) is 2.28. The first-order valence-electron chi connectivity index (χ1n) is 8.05. The van der Waals surface area contributed by atoms with Crippen LogP contribution in [0.3, 0.4) is 0 Å². The van der Waals surface area contributed by atoms with Crippen molar-refractivity contribution in [3.63, 3.8) is 0 Å². The van der Waals surface area contributed by atoms with Crippen LogP contribution >= 0.6 is 0 Å². The van der Waals surface area contributed by atoms with Crippen molar-refractivity contribution < 1.29 is 27.8 Å². The van der Waals surface area contributed by atoms with Crippen LogP contribution in [0.1, 0.15) is 35.8 Å². The minimum absolute atomic E-state index is 0.137. The largest absolute Gasteiger partial charge is 0.494 e. The molecule has 0 bridgehead atoms. The third-order valence-corrected chi connectivity index (χ3v) is 3.54. The number of nitrogens with one attached hydrogen (secondary N) is 1. The summed E-state index contributed by atoms with van der Waals surface area (Å²) in [7, 11) is 0. The molecule has 7 heteroatoms. The van der Waals surface area contributed by atoms with Gasteiger partial charge in [-0.25, -0.2) is 13.6 Å². The Morgan fingerprint density at radius 3 is 2.42 bits per heavy atom. The highest BCUT2D eigenvalue weighted by Gasteiger charge is 2.16. The third-order valence-electron chi connectivity index (χ3n) is 3.54. The van der Waals surface area contributed by atoms with Gasteiger partial charge in [0, 0.05) is 11.6 Å². The summed E-state index contributed by atoms with van der Waals surface area (Å²) in [6.07, 6.45) is 0. The zero-order chi connectivity index (χ0) is 19.1. The van der Waals surface area contributed by atoms with Crippen molar-refractivity contribution >= 4 is 11.9 Å². The van der Waals surface area contributed by atoms with Crippen LogP contribution in [0, 0.1) is 11.6 Å². The molecule has 26 heavy (non-hydrogen) atoms. The zero-order valence-corrected chi connectivity index (χ0v) is 14.4. The Kier molecular flexibility index (Phi) is 6.66. The van der Waals surface area contributed by atoms with Gasteiger partial charge in [0.25, 0.3) is 5.91 Å². The van der Waals surface area contributed by atoms with Gasteiger partial charge in [-0.15, -0.1) is 0 Å². The fraction of sp³-hybridized carbons (Fsp3) is 0.263. The molecule has 1 N–H and O–H groups in total. The van der Waals surface area contributed by atoms with Gasteiger partial charge in [0.15, 0.2) is 6.61 Å². The molecule has 0 unspecified atom stereocenters. The Morgan fingerprint density at radius 1 is 1.12 bits per heavy atom. The molecule has 2 aromatic carbocycles. The van der Waals surface area contributed by atoms with Gasteiger partial charge < -0.3 is 14.8 Å². The second kappa shape index (κ2) is 8.94. The van der Waals surface area contributed by atoms with Gasteiger partial charge in [-0.3, -0.25) is 4.79 Å². The monoisotopic (exact) mass is 363 g/mol. The minimum atomic E-state index is -0.760. The molecule has 2 rings (SSSR count). The number of ether oxygens (including phenoxy) is 2. The number of benzene rings is 2. The number of hydrogen-bond donors (Lipinski definition) is 1. The first-order valence-corrected chi connectivity index (χ1v) is 8.05. The molecule has 0 aliphatic rings. The van der Waals surface area contributed by atoms with E-state index in [4.69, 9.17) is 9.47 Å². The van der Waals surface area contributed by atoms with Crippen molar-refractivity contribution in [3.05, 3.63) is 65.2 Å². The van der Waals surface area contributed by atoms with Crippen molar-refractivity contribution in [2.75, 3.05) is 13.2 Å². The van der Waals surface area contributed by atoms with E-state index in [-0.39, 0.29) is 11.1 Å². The third kappa shape index (κ3) is 5.27. The van der Waals surface area contributed by atoms with Crippen LogP contribution in [0.5, 0.6) is 5.75 Å². The smallest absolute Gasteiger partial charge is 0.338 e. The molecular formula is C19H19F2NO4. The van der Waals surface area contributed by atoms with Crippen molar-refractivity contribution in [1.29, 1.82) is 0 Å². The quantitative estimate of drug-likeness (QED) is 0.766. The maximum absolute atomic E-state index is 13.7. The Hall–Kier alpha value is -2.96. The molecule has 0 spiro atoms. The van der Waals surface area contributed by atoms with E-state index in [0.717, 1.165) is 12.1 Å². The fourth-order valence-electron chi connectivity index (χ4n) is 2.28. The van der Waals surface area contributed by atoms with Crippen LogP contribution in [0.2, 0.25) is 0 Å². The van der Waals surface area contributed by atoms with Gasteiger partial charge in [-0.2, -0.15) is 0 Å². The highest BCUT2D eigenvalue weighted by Crippen LogP contribution is 2.17. The summed E-state index contributed by atoms with van der Waals surface area (Å²) in [4.78, 5) is 23.8. The number of esters is 1. The highest BCUT2D eigenvalue weighted by atomic mass is 19.1. The molecule has 1 amide bonds. The molecule has 0 aliphatic carbocycles. The van der Waals surface area contributed by atoms with Crippen molar-refractivity contribution in [3.8, 4) is 5.75 Å². The van der Waals surface area contributed by atoms with Crippen LogP contribution in [-0.4, -0.2) is 25.1 Å². The summed E-state index contributed by atoms with van der Waals surface area (Å²) in [5, 5.41) is 2.49. The molecule has 0 fully saturated rings. The van der Waals surface area contributed by atoms with E-state index in [2.05, 4.69) is 5.32 Å². The molecule has 1 atom stereocenters. The molecule has 0 aliphatic heterocycles. The lowest BCUT2D eigenvalue weighted by Gasteiger charge is -2.15. The number of halogens is 2.